The summed E-state index contributed by atoms with van der Waals surface area (Å²) >= 11 is 0. The highest BCUT2D eigenvalue weighted by molar-refractivity contribution is 7.95. The first-order valence-corrected chi connectivity index (χ1v) is 7.20. The highest BCUT2D eigenvalue weighted by atomic mass is 32.2. The average Bonchev–Trinajstić information content (AvgIpc) is 2.26. The van der Waals surface area contributed by atoms with E-state index >= 15 is 0 Å². The molecular formula is C14H20O2S. The molecule has 0 heterocycles. The van der Waals surface area contributed by atoms with Crippen molar-refractivity contribution in [1.29, 1.82) is 0 Å². The van der Waals surface area contributed by atoms with E-state index in [0.29, 0.717) is 16.2 Å². The molecule has 3 heteroatoms. The Bertz CT molecular complexity index is 479. The molecule has 0 aliphatic heterocycles. The van der Waals surface area contributed by atoms with Crippen molar-refractivity contribution >= 4 is 9.84 Å². The van der Waals surface area contributed by atoms with E-state index in [0.717, 1.165) is 6.42 Å². The molecule has 17 heavy (non-hydrogen) atoms. The van der Waals surface area contributed by atoms with Gasteiger partial charge in [-0.3, -0.25) is 0 Å². The monoisotopic (exact) mass is 252 g/mol. The van der Waals surface area contributed by atoms with E-state index in [1.165, 1.54) is 0 Å². The summed E-state index contributed by atoms with van der Waals surface area (Å²) in [6.45, 7) is 10.00. The standard InChI is InChI=1S/C14H20O2S/c1-12(10-11-14(2,3)4)17(15,16)13-8-6-5-7-9-13/h5-9H,1,10-11H2,2-4H3. The number of benzene rings is 1. The van der Waals surface area contributed by atoms with Gasteiger partial charge in [-0.15, -0.1) is 0 Å². The molecule has 0 radical (unpaired) electrons. The first kappa shape index (κ1) is 14.0. The van der Waals surface area contributed by atoms with Crippen LogP contribution in [0.3, 0.4) is 0 Å². The molecule has 2 nitrogen and oxygen atoms in total. The van der Waals surface area contributed by atoms with Gasteiger partial charge in [0.05, 0.1) is 4.90 Å². The van der Waals surface area contributed by atoms with Gasteiger partial charge in [0, 0.05) is 4.91 Å². The van der Waals surface area contributed by atoms with E-state index in [-0.39, 0.29) is 5.41 Å². The molecule has 0 bridgehead atoms. The zero-order chi connectivity index (χ0) is 13.1. The average molecular weight is 252 g/mol. The maximum atomic E-state index is 12.1. The molecule has 0 saturated carbocycles. The molecule has 1 aromatic rings. The Morgan fingerprint density at radius 3 is 2.18 bits per heavy atom. The van der Waals surface area contributed by atoms with Gasteiger partial charge >= 0.3 is 0 Å². The van der Waals surface area contributed by atoms with Crippen molar-refractivity contribution in [3.05, 3.63) is 41.8 Å². The Morgan fingerprint density at radius 1 is 1.18 bits per heavy atom. The second-order valence-electron chi connectivity index (χ2n) is 5.42. The van der Waals surface area contributed by atoms with Crippen LogP contribution in [-0.4, -0.2) is 8.42 Å². The van der Waals surface area contributed by atoms with Crippen LogP contribution in [0.4, 0.5) is 0 Å². The van der Waals surface area contributed by atoms with E-state index in [4.69, 9.17) is 0 Å². The van der Waals surface area contributed by atoms with Gasteiger partial charge < -0.3 is 0 Å². The number of hydrogen-bond donors (Lipinski definition) is 0. The minimum atomic E-state index is -3.36. The first-order valence-electron chi connectivity index (χ1n) is 5.71. The van der Waals surface area contributed by atoms with Crippen molar-refractivity contribution in [1.82, 2.24) is 0 Å². The fraction of sp³-hybridized carbons (Fsp3) is 0.429. The van der Waals surface area contributed by atoms with Crippen molar-refractivity contribution in [3.8, 4) is 0 Å². The third-order valence-corrected chi connectivity index (χ3v) is 4.44. The van der Waals surface area contributed by atoms with Gasteiger partial charge in [-0.05, 0) is 30.4 Å². The van der Waals surface area contributed by atoms with Gasteiger partial charge in [0.1, 0.15) is 0 Å². The SMILES string of the molecule is C=C(CCC(C)(C)C)S(=O)(=O)c1ccccc1. The summed E-state index contributed by atoms with van der Waals surface area (Å²) in [6.07, 6.45) is 1.33. The first-order chi connectivity index (χ1) is 7.73. The van der Waals surface area contributed by atoms with Crippen molar-refractivity contribution in [2.45, 2.75) is 38.5 Å². The van der Waals surface area contributed by atoms with Crippen LogP contribution >= 0.6 is 0 Å². The van der Waals surface area contributed by atoms with Crippen LogP contribution in [0.1, 0.15) is 33.6 Å². The Morgan fingerprint density at radius 2 is 1.71 bits per heavy atom. The van der Waals surface area contributed by atoms with Gasteiger partial charge in [0.2, 0.25) is 9.84 Å². The van der Waals surface area contributed by atoms with Crippen LogP contribution in [0, 0.1) is 5.41 Å². The largest absolute Gasteiger partial charge is 0.219 e. The molecule has 1 aromatic carbocycles. The summed E-state index contributed by atoms with van der Waals surface area (Å²) in [5.41, 5.74) is 0.120. The van der Waals surface area contributed by atoms with Gasteiger partial charge in [-0.2, -0.15) is 0 Å². The third-order valence-electron chi connectivity index (χ3n) is 2.59. The minimum Gasteiger partial charge on any atom is -0.219 e. The van der Waals surface area contributed by atoms with E-state index in [9.17, 15) is 8.42 Å². The molecule has 0 amide bonds. The van der Waals surface area contributed by atoms with Crippen molar-refractivity contribution in [3.63, 3.8) is 0 Å². The summed E-state index contributed by atoms with van der Waals surface area (Å²) in [6, 6.07) is 8.47. The van der Waals surface area contributed by atoms with Crippen LogP contribution in [0.2, 0.25) is 0 Å². The van der Waals surface area contributed by atoms with Crippen LogP contribution in [0.5, 0.6) is 0 Å². The quantitative estimate of drug-likeness (QED) is 0.816. The van der Waals surface area contributed by atoms with Crippen molar-refractivity contribution in [2.24, 2.45) is 5.41 Å². The minimum absolute atomic E-state index is 0.120. The molecular weight excluding hydrogens is 232 g/mol. The Hall–Kier alpha value is -1.09. The molecule has 0 N–H and O–H groups in total. The lowest BCUT2D eigenvalue weighted by atomic mass is 9.91. The van der Waals surface area contributed by atoms with E-state index in [2.05, 4.69) is 27.4 Å². The summed E-state index contributed by atoms with van der Waals surface area (Å²) in [5.74, 6) is 0. The lowest BCUT2D eigenvalue weighted by Crippen LogP contribution is -2.09. The van der Waals surface area contributed by atoms with Gasteiger partial charge in [-0.1, -0.05) is 45.5 Å². The van der Waals surface area contributed by atoms with Crippen molar-refractivity contribution < 1.29 is 8.42 Å². The van der Waals surface area contributed by atoms with Crippen LogP contribution < -0.4 is 0 Å². The normalized spacial score (nSPS) is 12.4. The topological polar surface area (TPSA) is 34.1 Å². The molecule has 94 valence electrons. The lowest BCUT2D eigenvalue weighted by Gasteiger charge is -2.18. The van der Waals surface area contributed by atoms with E-state index in [1.54, 1.807) is 30.3 Å². The molecule has 1 rings (SSSR count). The molecule has 0 aliphatic rings. The third kappa shape index (κ3) is 4.00. The number of hydrogen-bond acceptors (Lipinski definition) is 2. The predicted octanol–water partition coefficient (Wildman–Crippen LogP) is 3.80. The number of allylic oxidation sites excluding steroid dienone is 1. The maximum Gasteiger partial charge on any atom is 0.202 e. The van der Waals surface area contributed by atoms with Crippen LogP contribution in [0.15, 0.2) is 46.7 Å². The summed E-state index contributed by atoms with van der Waals surface area (Å²) in [4.78, 5) is 0.637. The van der Waals surface area contributed by atoms with E-state index < -0.39 is 9.84 Å². The maximum absolute atomic E-state index is 12.1. The fourth-order valence-electron chi connectivity index (χ4n) is 1.42. The summed E-state index contributed by atoms with van der Waals surface area (Å²) in [5, 5.41) is 0. The molecule has 0 aliphatic carbocycles. The van der Waals surface area contributed by atoms with E-state index in [1.807, 2.05) is 0 Å². The van der Waals surface area contributed by atoms with Crippen LogP contribution in [-0.2, 0) is 9.84 Å². The predicted molar refractivity (Wildman–Crippen MR) is 71.5 cm³/mol. The second-order valence-corrected chi connectivity index (χ2v) is 7.47. The highest BCUT2D eigenvalue weighted by Gasteiger charge is 2.20. The fourth-order valence-corrected chi connectivity index (χ4v) is 2.63. The molecule has 0 unspecified atom stereocenters. The Labute approximate surface area is 104 Å². The molecule has 0 saturated heterocycles. The van der Waals surface area contributed by atoms with Crippen molar-refractivity contribution in [2.75, 3.05) is 0 Å². The molecule has 0 spiro atoms. The Kier molecular flexibility index (Phi) is 4.15. The molecule has 0 aromatic heterocycles. The highest BCUT2D eigenvalue weighted by Crippen LogP contribution is 2.27. The van der Waals surface area contributed by atoms with Gasteiger partial charge in [-0.25, -0.2) is 8.42 Å². The zero-order valence-corrected chi connectivity index (χ0v) is 11.5. The van der Waals surface area contributed by atoms with Gasteiger partial charge in [0.15, 0.2) is 0 Å². The smallest absolute Gasteiger partial charge is 0.202 e. The number of rotatable bonds is 4. The van der Waals surface area contributed by atoms with Gasteiger partial charge in [0.25, 0.3) is 0 Å². The molecule has 0 fully saturated rings. The van der Waals surface area contributed by atoms with Crippen LogP contribution in [0.25, 0.3) is 0 Å². The lowest BCUT2D eigenvalue weighted by molar-refractivity contribution is 0.380. The second kappa shape index (κ2) is 5.05. The Balaban J connectivity index is 2.83. The summed E-state index contributed by atoms with van der Waals surface area (Å²) in [7, 11) is -3.36. The summed E-state index contributed by atoms with van der Waals surface area (Å²) < 4.78 is 24.3. The number of sulfone groups is 1. The zero-order valence-electron chi connectivity index (χ0n) is 10.7. The molecule has 0 atom stereocenters.